The van der Waals surface area contributed by atoms with E-state index in [2.05, 4.69) is 29.4 Å². The van der Waals surface area contributed by atoms with Crippen LogP contribution in [0.2, 0.25) is 0 Å². The zero-order chi connectivity index (χ0) is 11.8. The molecular formula is C13H15N3S. The van der Waals surface area contributed by atoms with Crippen molar-refractivity contribution in [2.45, 2.75) is 30.0 Å². The van der Waals surface area contributed by atoms with Gasteiger partial charge in [0.1, 0.15) is 5.82 Å². The average molecular weight is 245 g/mol. The van der Waals surface area contributed by atoms with Gasteiger partial charge in [0.15, 0.2) is 0 Å². The number of aryl methyl sites for hydroxylation is 1. The monoisotopic (exact) mass is 245 g/mol. The van der Waals surface area contributed by atoms with Crippen molar-refractivity contribution in [3.63, 3.8) is 0 Å². The number of benzene rings is 1. The van der Waals surface area contributed by atoms with E-state index in [1.165, 1.54) is 10.5 Å². The van der Waals surface area contributed by atoms with Gasteiger partial charge in [0, 0.05) is 21.9 Å². The summed E-state index contributed by atoms with van der Waals surface area (Å²) in [6, 6.07) is 8.62. The molecule has 2 aromatic rings. The second-order valence-electron chi connectivity index (χ2n) is 4.47. The zero-order valence-corrected chi connectivity index (χ0v) is 10.6. The Morgan fingerprint density at radius 1 is 1.47 bits per heavy atom. The maximum absolute atomic E-state index is 5.76. The SMILES string of the molecule is Cc1cn(CC2Cc3ccccc3S2)nc1N. The minimum absolute atomic E-state index is 0.575. The summed E-state index contributed by atoms with van der Waals surface area (Å²) in [5, 5.41) is 4.89. The van der Waals surface area contributed by atoms with Crippen molar-refractivity contribution in [2.75, 3.05) is 5.73 Å². The fourth-order valence-electron chi connectivity index (χ4n) is 2.19. The van der Waals surface area contributed by atoms with Crippen molar-refractivity contribution >= 4 is 17.6 Å². The first-order valence-corrected chi connectivity index (χ1v) is 6.64. The van der Waals surface area contributed by atoms with E-state index in [0.29, 0.717) is 11.1 Å². The molecule has 2 heterocycles. The summed E-state index contributed by atoms with van der Waals surface area (Å²) in [6.07, 6.45) is 3.15. The fraction of sp³-hybridized carbons (Fsp3) is 0.308. The topological polar surface area (TPSA) is 43.8 Å². The molecule has 88 valence electrons. The maximum atomic E-state index is 5.76. The molecule has 0 spiro atoms. The van der Waals surface area contributed by atoms with Crippen LogP contribution in [0.3, 0.4) is 0 Å². The van der Waals surface area contributed by atoms with Crippen molar-refractivity contribution in [1.82, 2.24) is 9.78 Å². The minimum atomic E-state index is 0.575. The largest absolute Gasteiger partial charge is 0.382 e. The summed E-state index contributed by atoms with van der Waals surface area (Å²) in [7, 11) is 0. The van der Waals surface area contributed by atoms with Crippen molar-refractivity contribution in [2.24, 2.45) is 0 Å². The van der Waals surface area contributed by atoms with Gasteiger partial charge in [-0.3, -0.25) is 4.68 Å². The Balaban J connectivity index is 1.73. The van der Waals surface area contributed by atoms with Gasteiger partial charge in [-0.1, -0.05) is 18.2 Å². The highest BCUT2D eigenvalue weighted by molar-refractivity contribution is 8.00. The number of nitrogen functional groups attached to an aromatic ring is 1. The second kappa shape index (κ2) is 4.11. The second-order valence-corrected chi connectivity index (χ2v) is 5.81. The molecule has 3 nitrogen and oxygen atoms in total. The van der Waals surface area contributed by atoms with Crippen LogP contribution in [0.4, 0.5) is 5.82 Å². The van der Waals surface area contributed by atoms with E-state index in [4.69, 9.17) is 5.73 Å². The fourth-order valence-corrected chi connectivity index (χ4v) is 3.50. The zero-order valence-electron chi connectivity index (χ0n) is 9.76. The van der Waals surface area contributed by atoms with Gasteiger partial charge in [-0.2, -0.15) is 5.10 Å². The number of rotatable bonds is 2. The number of thioether (sulfide) groups is 1. The molecule has 0 saturated carbocycles. The van der Waals surface area contributed by atoms with E-state index in [0.717, 1.165) is 18.5 Å². The third-order valence-electron chi connectivity index (χ3n) is 3.09. The van der Waals surface area contributed by atoms with Gasteiger partial charge >= 0.3 is 0 Å². The quantitative estimate of drug-likeness (QED) is 0.884. The van der Waals surface area contributed by atoms with Crippen LogP contribution in [0.5, 0.6) is 0 Å². The number of hydrogen-bond acceptors (Lipinski definition) is 3. The Morgan fingerprint density at radius 3 is 3.00 bits per heavy atom. The van der Waals surface area contributed by atoms with E-state index in [1.54, 1.807) is 0 Å². The molecule has 1 aliphatic rings. The maximum Gasteiger partial charge on any atom is 0.148 e. The Labute approximate surface area is 105 Å². The molecule has 0 bridgehead atoms. The lowest BCUT2D eigenvalue weighted by Gasteiger charge is -2.07. The van der Waals surface area contributed by atoms with E-state index < -0.39 is 0 Å². The van der Waals surface area contributed by atoms with Crippen LogP contribution in [-0.2, 0) is 13.0 Å². The number of nitrogens with zero attached hydrogens (tertiary/aromatic N) is 2. The summed E-state index contributed by atoms with van der Waals surface area (Å²) in [6.45, 7) is 2.92. The Hall–Kier alpha value is -1.42. The van der Waals surface area contributed by atoms with Crippen LogP contribution in [0, 0.1) is 6.92 Å². The summed E-state index contributed by atoms with van der Waals surface area (Å²) in [5.41, 5.74) is 8.28. The Morgan fingerprint density at radius 2 is 2.29 bits per heavy atom. The van der Waals surface area contributed by atoms with E-state index in [9.17, 15) is 0 Å². The highest BCUT2D eigenvalue weighted by atomic mass is 32.2. The molecular weight excluding hydrogens is 230 g/mol. The number of aromatic nitrogens is 2. The summed E-state index contributed by atoms with van der Waals surface area (Å²) in [5.74, 6) is 0.644. The molecule has 0 radical (unpaired) electrons. The predicted molar refractivity (Wildman–Crippen MR) is 71.2 cm³/mol. The Bertz CT molecular complexity index is 503. The molecule has 0 saturated heterocycles. The predicted octanol–water partition coefficient (Wildman–Crippen LogP) is 2.49. The van der Waals surface area contributed by atoms with Crippen molar-refractivity contribution in [3.8, 4) is 0 Å². The molecule has 3 rings (SSSR count). The molecule has 4 heteroatoms. The average Bonchev–Trinajstić information content (AvgIpc) is 2.83. The van der Waals surface area contributed by atoms with Crippen LogP contribution >= 0.6 is 11.8 Å². The molecule has 1 atom stereocenters. The minimum Gasteiger partial charge on any atom is -0.382 e. The first kappa shape index (κ1) is 10.7. The standard InChI is InChI=1S/C13H15N3S/c1-9-7-16(15-13(9)14)8-11-6-10-4-2-3-5-12(10)17-11/h2-5,7,11H,6,8H2,1H3,(H2,14,15). The number of fused-ring (bicyclic) bond motifs is 1. The first-order valence-electron chi connectivity index (χ1n) is 5.76. The van der Waals surface area contributed by atoms with Crippen LogP contribution in [-0.4, -0.2) is 15.0 Å². The van der Waals surface area contributed by atoms with Gasteiger partial charge in [-0.15, -0.1) is 11.8 Å². The first-order chi connectivity index (χ1) is 8.22. The van der Waals surface area contributed by atoms with E-state index in [1.807, 2.05) is 29.6 Å². The van der Waals surface area contributed by atoms with Crippen molar-refractivity contribution in [3.05, 3.63) is 41.6 Å². The normalized spacial score (nSPS) is 18.3. The van der Waals surface area contributed by atoms with E-state index in [-0.39, 0.29) is 0 Å². The highest BCUT2D eigenvalue weighted by Gasteiger charge is 2.22. The van der Waals surface area contributed by atoms with Crippen LogP contribution in [0.15, 0.2) is 35.4 Å². The van der Waals surface area contributed by atoms with Crippen molar-refractivity contribution in [1.29, 1.82) is 0 Å². The van der Waals surface area contributed by atoms with E-state index >= 15 is 0 Å². The third-order valence-corrected chi connectivity index (χ3v) is 4.39. The molecule has 1 aromatic heterocycles. The van der Waals surface area contributed by atoms with Gasteiger partial charge in [-0.05, 0) is 25.0 Å². The van der Waals surface area contributed by atoms with Crippen molar-refractivity contribution < 1.29 is 0 Å². The third kappa shape index (κ3) is 2.05. The Kier molecular flexibility index (Phi) is 2.59. The lowest BCUT2D eigenvalue weighted by molar-refractivity contribution is 0.596. The van der Waals surface area contributed by atoms with Gasteiger partial charge in [-0.25, -0.2) is 0 Å². The van der Waals surface area contributed by atoms with Crippen LogP contribution in [0.25, 0.3) is 0 Å². The summed E-state index contributed by atoms with van der Waals surface area (Å²) in [4.78, 5) is 1.41. The number of hydrogen-bond donors (Lipinski definition) is 1. The molecule has 0 aliphatic carbocycles. The molecule has 1 aromatic carbocycles. The lowest BCUT2D eigenvalue weighted by Crippen LogP contribution is -2.12. The highest BCUT2D eigenvalue weighted by Crippen LogP contribution is 2.37. The summed E-state index contributed by atoms with van der Waals surface area (Å²) >= 11 is 1.94. The summed E-state index contributed by atoms with van der Waals surface area (Å²) < 4.78 is 1.97. The molecule has 17 heavy (non-hydrogen) atoms. The van der Waals surface area contributed by atoms with Gasteiger partial charge in [0.25, 0.3) is 0 Å². The lowest BCUT2D eigenvalue weighted by atomic mass is 10.1. The molecule has 0 amide bonds. The molecule has 1 unspecified atom stereocenters. The molecule has 1 aliphatic heterocycles. The number of anilines is 1. The van der Waals surface area contributed by atoms with Crippen LogP contribution in [0.1, 0.15) is 11.1 Å². The van der Waals surface area contributed by atoms with Gasteiger partial charge in [0.2, 0.25) is 0 Å². The van der Waals surface area contributed by atoms with Crippen LogP contribution < -0.4 is 5.73 Å². The molecule has 2 N–H and O–H groups in total. The smallest absolute Gasteiger partial charge is 0.148 e. The number of nitrogens with two attached hydrogens (primary N) is 1. The van der Waals surface area contributed by atoms with Gasteiger partial charge in [0.05, 0.1) is 6.54 Å². The molecule has 0 fully saturated rings. The van der Waals surface area contributed by atoms with Gasteiger partial charge < -0.3 is 5.73 Å².